The van der Waals surface area contributed by atoms with Crippen LogP contribution in [0.3, 0.4) is 0 Å². The van der Waals surface area contributed by atoms with E-state index in [4.69, 9.17) is 5.84 Å². The number of aliphatic hydroxyl groups is 1. The summed E-state index contributed by atoms with van der Waals surface area (Å²) in [6.07, 6.45) is -0.468. The topological polar surface area (TPSA) is 108 Å². The highest BCUT2D eigenvalue weighted by Crippen LogP contribution is 2.17. The maximum absolute atomic E-state index is 9.28. The molecule has 0 bridgehead atoms. The molecule has 6 N–H and O–H groups in total. The Morgan fingerprint density at radius 3 is 2.55 bits per heavy atom. The first-order valence-electron chi connectivity index (χ1n) is 6.27. The Morgan fingerprint density at radius 1 is 1.20 bits per heavy atom. The number of aliphatic hydroxyl groups excluding tert-OH is 1. The zero-order valence-electron chi connectivity index (χ0n) is 11.2. The third kappa shape index (κ3) is 4.08. The van der Waals surface area contributed by atoms with Crippen LogP contribution in [0.1, 0.15) is 6.92 Å². The first-order chi connectivity index (χ1) is 9.67. The van der Waals surface area contributed by atoms with E-state index in [-0.39, 0.29) is 0 Å². The Balaban J connectivity index is 2.17. The van der Waals surface area contributed by atoms with Crippen LogP contribution in [0.25, 0.3) is 0 Å². The lowest BCUT2D eigenvalue weighted by Crippen LogP contribution is -2.17. The Labute approximate surface area is 117 Å². The zero-order chi connectivity index (χ0) is 14.4. The van der Waals surface area contributed by atoms with Crippen molar-refractivity contribution in [1.82, 2.24) is 9.97 Å². The van der Waals surface area contributed by atoms with Gasteiger partial charge in [0.2, 0.25) is 5.95 Å². The minimum Gasteiger partial charge on any atom is -0.392 e. The summed E-state index contributed by atoms with van der Waals surface area (Å²) >= 11 is 0. The molecule has 0 aliphatic rings. The summed E-state index contributed by atoms with van der Waals surface area (Å²) in [6.45, 7) is 2.09. The third-order valence-electron chi connectivity index (χ3n) is 2.48. The summed E-state index contributed by atoms with van der Waals surface area (Å²) < 4.78 is 0. The van der Waals surface area contributed by atoms with Gasteiger partial charge in [-0.1, -0.05) is 18.2 Å². The number of nitrogens with two attached hydrogens (primary N) is 1. The molecule has 0 saturated heterocycles. The van der Waals surface area contributed by atoms with Gasteiger partial charge in [0.15, 0.2) is 0 Å². The second-order valence-corrected chi connectivity index (χ2v) is 4.33. The molecule has 7 heteroatoms. The van der Waals surface area contributed by atoms with E-state index in [0.29, 0.717) is 24.1 Å². The number of nitrogens with zero attached hydrogens (tertiary/aromatic N) is 2. The van der Waals surface area contributed by atoms with Crippen molar-refractivity contribution in [1.29, 1.82) is 0 Å². The molecule has 7 nitrogen and oxygen atoms in total. The van der Waals surface area contributed by atoms with Crippen molar-refractivity contribution < 1.29 is 5.11 Å². The van der Waals surface area contributed by atoms with Crippen LogP contribution < -0.4 is 21.9 Å². The zero-order valence-corrected chi connectivity index (χ0v) is 11.2. The van der Waals surface area contributed by atoms with Crippen LogP contribution in [-0.2, 0) is 0 Å². The van der Waals surface area contributed by atoms with E-state index in [0.717, 1.165) is 5.69 Å². The second kappa shape index (κ2) is 6.69. The van der Waals surface area contributed by atoms with Crippen molar-refractivity contribution in [2.75, 3.05) is 22.6 Å². The Hall–Kier alpha value is -2.38. The number of rotatable bonds is 6. The highest BCUT2D eigenvalue weighted by atomic mass is 16.3. The Morgan fingerprint density at radius 2 is 1.90 bits per heavy atom. The first kappa shape index (κ1) is 14.0. The molecule has 2 rings (SSSR count). The molecule has 0 amide bonds. The number of nitrogen functional groups attached to an aromatic ring is 1. The van der Waals surface area contributed by atoms with Gasteiger partial charge in [-0.3, -0.25) is 0 Å². The molecule has 0 aliphatic carbocycles. The van der Waals surface area contributed by atoms with Gasteiger partial charge >= 0.3 is 0 Å². The Kier molecular flexibility index (Phi) is 4.70. The molecular formula is C13H18N6O. The summed E-state index contributed by atoms with van der Waals surface area (Å²) in [5.74, 6) is 6.86. The largest absolute Gasteiger partial charge is 0.392 e. The van der Waals surface area contributed by atoms with Gasteiger partial charge in [-0.25, -0.2) is 5.84 Å². The van der Waals surface area contributed by atoms with E-state index in [9.17, 15) is 5.11 Å². The molecule has 2 aromatic rings. The van der Waals surface area contributed by atoms with Crippen molar-refractivity contribution in [3.63, 3.8) is 0 Å². The van der Waals surface area contributed by atoms with Crippen LogP contribution >= 0.6 is 0 Å². The van der Waals surface area contributed by atoms with Crippen LogP contribution in [0.4, 0.5) is 23.3 Å². The highest BCUT2D eigenvalue weighted by Gasteiger charge is 2.05. The van der Waals surface area contributed by atoms with Crippen LogP contribution in [0.15, 0.2) is 36.4 Å². The van der Waals surface area contributed by atoms with Crippen molar-refractivity contribution in [2.45, 2.75) is 13.0 Å². The number of nitrogens with one attached hydrogen (secondary N) is 3. The first-order valence-corrected chi connectivity index (χ1v) is 6.27. The summed E-state index contributed by atoms with van der Waals surface area (Å²) in [5.41, 5.74) is 3.37. The number of para-hydroxylation sites is 1. The molecule has 0 radical (unpaired) electrons. The lowest BCUT2D eigenvalue weighted by Gasteiger charge is -2.11. The van der Waals surface area contributed by atoms with Crippen molar-refractivity contribution in [3.8, 4) is 0 Å². The molecule has 0 spiro atoms. The maximum Gasteiger partial charge on any atom is 0.231 e. The number of benzene rings is 1. The summed E-state index contributed by atoms with van der Waals surface area (Å²) in [7, 11) is 0. The monoisotopic (exact) mass is 274 g/mol. The van der Waals surface area contributed by atoms with Crippen molar-refractivity contribution >= 4 is 23.3 Å². The van der Waals surface area contributed by atoms with Crippen LogP contribution in [0.5, 0.6) is 0 Å². The van der Waals surface area contributed by atoms with Crippen molar-refractivity contribution in [3.05, 3.63) is 36.4 Å². The predicted molar refractivity (Wildman–Crippen MR) is 79.7 cm³/mol. The summed E-state index contributed by atoms with van der Waals surface area (Å²) in [4.78, 5) is 8.52. The molecule has 1 aromatic carbocycles. The van der Waals surface area contributed by atoms with Gasteiger partial charge in [0, 0.05) is 18.3 Å². The van der Waals surface area contributed by atoms with Crippen LogP contribution in [0, 0.1) is 0 Å². The lowest BCUT2D eigenvalue weighted by atomic mass is 10.3. The fraction of sp³-hybridized carbons (Fsp3) is 0.231. The average Bonchev–Trinajstić information content (AvgIpc) is 2.46. The normalized spacial score (nSPS) is 11.8. The van der Waals surface area contributed by atoms with Crippen molar-refractivity contribution in [2.24, 2.45) is 5.84 Å². The van der Waals surface area contributed by atoms with Gasteiger partial charge in [-0.2, -0.15) is 9.97 Å². The molecule has 0 fully saturated rings. The predicted octanol–water partition coefficient (Wildman–Crippen LogP) is 1.30. The molecule has 0 saturated carbocycles. The molecule has 1 aromatic heterocycles. The number of anilines is 4. The van der Waals surface area contributed by atoms with E-state index in [2.05, 4.69) is 26.0 Å². The molecular weight excluding hydrogens is 256 g/mol. The molecule has 1 heterocycles. The fourth-order valence-corrected chi connectivity index (χ4v) is 1.57. The lowest BCUT2D eigenvalue weighted by molar-refractivity contribution is 0.208. The van der Waals surface area contributed by atoms with Gasteiger partial charge in [0.25, 0.3) is 0 Å². The van der Waals surface area contributed by atoms with Crippen LogP contribution in [0.2, 0.25) is 0 Å². The summed E-state index contributed by atoms with van der Waals surface area (Å²) in [6, 6.07) is 11.3. The van der Waals surface area contributed by atoms with E-state index in [1.54, 1.807) is 13.0 Å². The number of aromatic nitrogens is 2. The number of hydrogen-bond acceptors (Lipinski definition) is 7. The molecule has 0 aliphatic heterocycles. The van der Waals surface area contributed by atoms with Gasteiger partial charge in [0.1, 0.15) is 11.6 Å². The minimum atomic E-state index is -0.468. The summed E-state index contributed by atoms with van der Waals surface area (Å²) in [5, 5.41) is 15.4. The molecule has 1 unspecified atom stereocenters. The van der Waals surface area contributed by atoms with Gasteiger partial charge < -0.3 is 21.2 Å². The highest BCUT2D eigenvalue weighted by molar-refractivity contribution is 5.58. The smallest absolute Gasteiger partial charge is 0.231 e. The third-order valence-corrected chi connectivity index (χ3v) is 2.48. The number of hydrogen-bond donors (Lipinski definition) is 5. The molecule has 1 atom stereocenters. The number of hydrazine groups is 1. The fourth-order valence-electron chi connectivity index (χ4n) is 1.57. The van der Waals surface area contributed by atoms with E-state index in [1.165, 1.54) is 0 Å². The Bertz CT molecular complexity index is 546. The molecule has 106 valence electrons. The molecule has 20 heavy (non-hydrogen) atoms. The standard InChI is InChI=1S/C13H18N6O/c1-9(20)8-15-11-7-12(19-14)18-13(17-11)16-10-5-3-2-4-6-10/h2-7,9,20H,8,14H2,1H3,(H3,15,16,17,18,19). The van der Waals surface area contributed by atoms with Gasteiger partial charge in [0.05, 0.1) is 6.10 Å². The minimum absolute atomic E-state index is 0.395. The van der Waals surface area contributed by atoms with E-state index >= 15 is 0 Å². The average molecular weight is 274 g/mol. The van der Waals surface area contributed by atoms with Crippen LogP contribution in [-0.4, -0.2) is 27.7 Å². The quantitative estimate of drug-likeness (QED) is 0.399. The SMILES string of the molecule is CC(O)CNc1cc(NN)nc(Nc2ccccc2)n1. The van der Waals surface area contributed by atoms with E-state index < -0.39 is 6.10 Å². The second-order valence-electron chi connectivity index (χ2n) is 4.33. The van der Waals surface area contributed by atoms with Gasteiger partial charge in [-0.05, 0) is 19.1 Å². The maximum atomic E-state index is 9.28. The van der Waals surface area contributed by atoms with E-state index in [1.807, 2.05) is 30.3 Å². The van der Waals surface area contributed by atoms with Gasteiger partial charge in [-0.15, -0.1) is 0 Å².